The van der Waals surface area contributed by atoms with Crippen LogP contribution in [0.15, 0.2) is 65.1 Å². The topological polar surface area (TPSA) is 41.1 Å². The van der Waals surface area contributed by atoms with Gasteiger partial charge < -0.3 is 5.32 Å². The molecule has 0 aliphatic carbocycles. The van der Waals surface area contributed by atoms with Gasteiger partial charge in [-0.15, -0.1) is 0 Å². The SMILES string of the molecule is CC[C@@H](C)c1ccccc1NC(=S)NC(=O)c1cccc2c(Br)cccc12. The summed E-state index contributed by atoms with van der Waals surface area (Å²) in [6.07, 6.45) is 1.03. The van der Waals surface area contributed by atoms with Crippen molar-refractivity contribution in [1.29, 1.82) is 0 Å². The van der Waals surface area contributed by atoms with E-state index < -0.39 is 0 Å². The minimum Gasteiger partial charge on any atom is -0.332 e. The molecule has 0 aromatic heterocycles. The predicted molar refractivity (Wildman–Crippen MR) is 120 cm³/mol. The molecule has 27 heavy (non-hydrogen) atoms. The third-order valence-corrected chi connectivity index (χ3v) is 5.59. The monoisotopic (exact) mass is 440 g/mol. The van der Waals surface area contributed by atoms with E-state index in [1.54, 1.807) is 6.07 Å². The van der Waals surface area contributed by atoms with Crippen molar-refractivity contribution in [2.45, 2.75) is 26.2 Å². The number of carbonyl (C=O) groups excluding carboxylic acids is 1. The van der Waals surface area contributed by atoms with Crippen molar-refractivity contribution >= 4 is 55.6 Å². The van der Waals surface area contributed by atoms with Crippen LogP contribution in [0.1, 0.15) is 42.1 Å². The molecule has 0 aliphatic heterocycles. The van der Waals surface area contributed by atoms with Crippen LogP contribution in [0, 0.1) is 0 Å². The highest BCUT2D eigenvalue weighted by Crippen LogP contribution is 2.27. The molecule has 2 N–H and O–H groups in total. The molecular weight excluding hydrogens is 420 g/mol. The fourth-order valence-corrected chi connectivity index (χ4v) is 3.76. The maximum atomic E-state index is 12.8. The minimum atomic E-state index is -0.225. The summed E-state index contributed by atoms with van der Waals surface area (Å²) in [5.41, 5.74) is 2.71. The van der Waals surface area contributed by atoms with Gasteiger partial charge in [0.1, 0.15) is 0 Å². The van der Waals surface area contributed by atoms with Crippen LogP contribution in [-0.4, -0.2) is 11.0 Å². The summed E-state index contributed by atoms with van der Waals surface area (Å²) >= 11 is 8.92. The number of carbonyl (C=O) groups is 1. The Balaban J connectivity index is 1.80. The molecule has 3 aromatic carbocycles. The maximum absolute atomic E-state index is 12.8. The molecule has 3 aromatic rings. The van der Waals surface area contributed by atoms with Gasteiger partial charge in [-0.25, -0.2) is 0 Å². The molecule has 0 bridgehead atoms. The number of para-hydroxylation sites is 1. The fraction of sp³-hybridized carbons (Fsp3) is 0.182. The second-order valence-electron chi connectivity index (χ2n) is 6.45. The zero-order valence-corrected chi connectivity index (χ0v) is 17.7. The van der Waals surface area contributed by atoms with Crippen molar-refractivity contribution in [2.75, 3.05) is 5.32 Å². The Morgan fingerprint density at radius 2 is 1.74 bits per heavy atom. The van der Waals surface area contributed by atoms with E-state index in [1.165, 1.54) is 5.56 Å². The molecule has 0 radical (unpaired) electrons. The van der Waals surface area contributed by atoms with Crippen molar-refractivity contribution in [2.24, 2.45) is 0 Å². The Morgan fingerprint density at radius 1 is 1.04 bits per heavy atom. The van der Waals surface area contributed by atoms with Crippen LogP contribution in [0.4, 0.5) is 5.69 Å². The van der Waals surface area contributed by atoms with Gasteiger partial charge in [0.2, 0.25) is 0 Å². The Kier molecular flexibility index (Phi) is 6.24. The molecule has 0 saturated heterocycles. The van der Waals surface area contributed by atoms with Gasteiger partial charge in [0.25, 0.3) is 5.91 Å². The summed E-state index contributed by atoms with van der Waals surface area (Å²) in [5.74, 6) is 0.180. The zero-order valence-electron chi connectivity index (χ0n) is 15.3. The highest BCUT2D eigenvalue weighted by atomic mass is 79.9. The lowest BCUT2D eigenvalue weighted by Crippen LogP contribution is -2.34. The lowest BCUT2D eigenvalue weighted by atomic mass is 9.97. The first kappa shape index (κ1) is 19.5. The molecule has 138 valence electrons. The Bertz CT molecular complexity index is 1000. The Morgan fingerprint density at radius 3 is 2.52 bits per heavy atom. The third-order valence-electron chi connectivity index (χ3n) is 4.69. The zero-order chi connectivity index (χ0) is 19.4. The number of halogens is 1. The molecule has 3 nitrogen and oxygen atoms in total. The van der Waals surface area contributed by atoms with Crippen molar-refractivity contribution in [1.82, 2.24) is 5.32 Å². The Labute approximate surface area is 173 Å². The molecule has 0 unspecified atom stereocenters. The Hall–Kier alpha value is -2.24. The van der Waals surface area contributed by atoms with E-state index >= 15 is 0 Å². The maximum Gasteiger partial charge on any atom is 0.258 e. The minimum absolute atomic E-state index is 0.225. The largest absolute Gasteiger partial charge is 0.332 e. The van der Waals surface area contributed by atoms with Crippen LogP contribution in [-0.2, 0) is 0 Å². The van der Waals surface area contributed by atoms with Gasteiger partial charge in [0.05, 0.1) is 0 Å². The molecule has 0 saturated carbocycles. The van der Waals surface area contributed by atoms with Crippen LogP contribution in [0.2, 0.25) is 0 Å². The summed E-state index contributed by atoms with van der Waals surface area (Å²) in [4.78, 5) is 12.8. The van der Waals surface area contributed by atoms with Crippen molar-refractivity contribution in [3.8, 4) is 0 Å². The van der Waals surface area contributed by atoms with Gasteiger partial charge in [0.15, 0.2) is 5.11 Å². The van der Waals surface area contributed by atoms with E-state index in [-0.39, 0.29) is 5.91 Å². The summed E-state index contributed by atoms with van der Waals surface area (Å²) in [6, 6.07) is 19.5. The average Bonchev–Trinajstić information content (AvgIpc) is 2.67. The van der Waals surface area contributed by atoms with Crippen LogP contribution < -0.4 is 10.6 Å². The molecule has 1 amide bonds. The first-order chi connectivity index (χ1) is 13.0. The predicted octanol–water partition coefficient (Wildman–Crippen LogP) is 6.24. The average molecular weight is 441 g/mol. The molecular formula is C22H21BrN2OS. The second-order valence-corrected chi connectivity index (χ2v) is 7.71. The van der Waals surface area contributed by atoms with Crippen LogP contribution in [0.3, 0.4) is 0 Å². The van der Waals surface area contributed by atoms with Gasteiger partial charge in [-0.2, -0.15) is 0 Å². The van der Waals surface area contributed by atoms with E-state index in [0.717, 1.165) is 27.4 Å². The molecule has 3 rings (SSSR count). The number of benzene rings is 3. The number of fused-ring (bicyclic) bond motifs is 1. The van der Waals surface area contributed by atoms with E-state index in [0.29, 0.717) is 16.6 Å². The van der Waals surface area contributed by atoms with Gasteiger partial charge in [-0.1, -0.05) is 72.2 Å². The number of rotatable bonds is 4. The van der Waals surface area contributed by atoms with Crippen molar-refractivity contribution in [3.05, 3.63) is 76.3 Å². The molecule has 0 heterocycles. The molecule has 0 spiro atoms. The van der Waals surface area contributed by atoms with Gasteiger partial charge in [0, 0.05) is 15.7 Å². The number of anilines is 1. The normalized spacial score (nSPS) is 11.8. The standard InChI is InChI=1S/C22H21BrN2OS/c1-3-14(2)15-8-4-5-13-20(15)24-22(27)25-21(26)18-11-6-10-17-16(18)9-7-12-19(17)23/h4-14H,3H2,1-2H3,(H2,24,25,26,27)/t14-/m1/s1. The molecule has 0 aliphatic rings. The van der Waals surface area contributed by atoms with E-state index in [9.17, 15) is 4.79 Å². The van der Waals surface area contributed by atoms with Crippen LogP contribution >= 0.6 is 28.1 Å². The highest BCUT2D eigenvalue weighted by molar-refractivity contribution is 9.10. The quantitative estimate of drug-likeness (QED) is 0.471. The molecule has 0 fully saturated rings. The summed E-state index contributed by atoms with van der Waals surface area (Å²) in [5, 5.41) is 8.15. The fourth-order valence-electron chi connectivity index (χ4n) is 3.05. The van der Waals surface area contributed by atoms with Crippen molar-refractivity contribution in [3.63, 3.8) is 0 Å². The van der Waals surface area contributed by atoms with E-state index in [2.05, 4.69) is 46.5 Å². The summed E-state index contributed by atoms with van der Waals surface area (Å²) in [7, 11) is 0. The van der Waals surface area contributed by atoms with Crippen molar-refractivity contribution < 1.29 is 4.79 Å². The first-order valence-corrected chi connectivity index (χ1v) is 10.1. The van der Waals surface area contributed by atoms with Gasteiger partial charge in [-0.05, 0) is 59.1 Å². The van der Waals surface area contributed by atoms with Crippen LogP contribution in [0.25, 0.3) is 10.8 Å². The first-order valence-electron chi connectivity index (χ1n) is 8.89. The number of nitrogens with one attached hydrogen (secondary N) is 2. The lowest BCUT2D eigenvalue weighted by Gasteiger charge is -2.17. The number of amides is 1. The summed E-state index contributed by atoms with van der Waals surface area (Å²) < 4.78 is 0.956. The second kappa shape index (κ2) is 8.63. The number of hydrogen-bond acceptors (Lipinski definition) is 2. The number of hydrogen-bond donors (Lipinski definition) is 2. The molecule has 1 atom stereocenters. The number of thiocarbonyl (C=S) groups is 1. The van der Waals surface area contributed by atoms with Gasteiger partial charge in [-0.3, -0.25) is 10.1 Å². The summed E-state index contributed by atoms with van der Waals surface area (Å²) in [6.45, 7) is 4.33. The lowest BCUT2D eigenvalue weighted by molar-refractivity contribution is 0.0979. The van der Waals surface area contributed by atoms with Crippen LogP contribution in [0.5, 0.6) is 0 Å². The third kappa shape index (κ3) is 4.37. The van der Waals surface area contributed by atoms with E-state index in [1.807, 2.05) is 48.5 Å². The smallest absolute Gasteiger partial charge is 0.258 e. The van der Waals surface area contributed by atoms with Gasteiger partial charge >= 0.3 is 0 Å². The highest BCUT2D eigenvalue weighted by Gasteiger charge is 2.14. The van der Waals surface area contributed by atoms with E-state index in [4.69, 9.17) is 12.2 Å². The molecule has 5 heteroatoms.